The van der Waals surface area contributed by atoms with Crippen molar-refractivity contribution in [2.75, 3.05) is 23.9 Å². The van der Waals surface area contributed by atoms with E-state index in [0.717, 1.165) is 29.7 Å². The molecule has 3 N–H and O–H groups in total. The number of hydrogen-bond acceptors (Lipinski definition) is 10. The number of pyridine rings is 1. The van der Waals surface area contributed by atoms with E-state index in [-0.39, 0.29) is 34.8 Å². The van der Waals surface area contributed by atoms with Gasteiger partial charge in [-0.15, -0.1) is 23.1 Å². The molecule has 3 aromatic rings. The summed E-state index contributed by atoms with van der Waals surface area (Å²) in [4.78, 5) is 30.6. The number of aromatic nitrogens is 1. The average Bonchev–Trinajstić information content (AvgIpc) is 3.50. The summed E-state index contributed by atoms with van der Waals surface area (Å²) in [5.41, 5.74) is 7.92. The fourth-order valence-corrected chi connectivity index (χ4v) is 6.51. The second-order valence-electron chi connectivity index (χ2n) is 8.32. The molecule has 0 radical (unpaired) electrons. The molecule has 0 fully saturated rings. The number of carbonyl (C=O) groups excluding carboxylic acids is 2. The van der Waals surface area contributed by atoms with Crippen LogP contribution >= 0.6 is 23.1 Å². The Morgan fingerprint density at radius 3 is 2.81 bits per heavy atom. The number of carbonyl (C=O) groups is 2. The molecule has 0 aliphatic heterocycles. The van der Waals surface area contributed by atoms with E-state index in [1.165, 1.54) is 36.5 Å². The molecule has 0 aromatic carbocycles. The highest BCUT2D eigenvalue weighted by atomic mass is 32.2. The van der Waals surface area contributed by atoms with Crippen molar-refractivity contribution >= 4 is 45.8 Å². The normalized spacial score (nSPS) is 14.4. The van der Waals surface area contributed by atoms with Gasteiger partial charge in [-0.25, -0.2) is 9.78 Å². The topological polar surface area (TPSA) is 155 Å². The van der Waals surface area contributed by atoms with Crippen molar-refractivity contribution in [3.05, 3.63) is 45.5 Å². The lowest BCUT2D eigenvalue weighted by molar-refractivity contribution is -0.115. The van der Waals surface area contributed by atoms with Crippen molar-refractivity contribution in [1.29, 1.82) is 10.5 Å². The minimum atomic E-state index is -0.451. The van der Waals surface area contributed by atoms with Gasteiger partial charge in [-0.2, -0.15) is 10.5 Å². The summed E-state index contributed by atoms with van der Waals surface area (Å²) in [5.74, 6) is 0.416. The lowest BCUT2D eigenvalue weighted by Crippen LogP contribution is -2.16. The number of nitrogen functional groups attached to an aromatic ring is 1. The molecule has 11 heteroatoms. The maximum atomic E-state index is 12.8. The summed E-state index contributed by atoms with van der Waals surface area (Å²) in [7, 11) is 1.33. The third-order valence-corrected chi connectivity index (χ3v) is 8.05. The number of furan rings is 1. The van der Waals surface area contributed by atoms with Gasteiger partial charge in [0, 0.05) is 17.1 Å². The zero-order valence-corrected chi connectivity index (χ0v) is 21.3. The van der Waals surface area contributed by atoms with Crippen molar-refractivity contribution in [1.82, 2.24) is 4.98 Å². The Morgan fingerprint density at radius 2 is 2.14 bits per heavy atom. The number of methoxy groups -OCH3 is 1. The molecule has 1 aliphatic carbocycles. The number of anilines is 2. The quantitative estimate of drug-likeness (QED) is 0.330. The molecule has 36 heavy (non-hydrogen) atoms. The smallest absolute Gasteiger partial charge is 0.341 e. The van der Waals surface area contributed by atoms with E-state index in [4.69, 9.17) is 14.9 Å². The summed E-state index contributed by atoms with van der Waals surface area (Å²) < 4.78 is 10.4. The number of thioether (sulfide) groups is 1. The molecule has 1 amide bonds. The number of amides is 1. The summed E-state index contributed by atoms with van der Waals surface area (Å²) in [5, 5.41) is 23.0. The fourth-order valence-electron chi connectivity index (χ4n) is 4.16. The highest BCUT2D eigenvalue weighted by molar-refractivity contribution is 7.99. The molecule has 1 aliphatic rings. The van der Waals surface area contributed by atoms with Gasteiger partial charge in [0.2, 0.25) is 5.91 Å². The molecule has 0 spiro atoms. The van der Waals surface area contributed by atoms with Crippen molar-refractivity contribution in [3.8, 4) is 23.5 Å². The first-order valence-corrected chi connectivity index (χ1v) is 13.0. The van der Waals surface area contributed by atoms with Crippen LogP contribution in [-0.4, -0.2) is 29.7 Å². The molecule has 0 bridgehead atoms. The van der Waals surface area contributed by atoms with E-state index < -0.39 is 5.97 Å². The van der Waals surface area contributed by atoms with Gasteiger partial charge in [-0.1, -0.05) is 6.92 Å². The number of ether oxygens (including phenoxy) is 1. The number of nitriles is 2. The Hall–Kier alpha value is -3.80. The number of nitrogens with zero attached hydrogens (tertiary/aromatic N) is 3. The van der Waals surface area contributed by atoms with Crippen LogP contribution in [0.2, 0.25) is 0 Å². The standard InChI is InChI=1S/C25H23N5O4S2/c1-13-5-6-14-18(10-13)36-24(21(14)25(32)33-2)29-19(31)7-9-35-23-16(12-27)20(17-4-3-8-34-17)15(11-26)22(28)30-23/h3-4,8,13H,5-7,9-10H2,1-2H3,(H2,28,30)(H,29,31). The monoisotopic (exact) mass is 521 g/mol. The summed E-state index contributed by atoms with van der Waals surface area (Å²) in [6.07, 6.45) is 4.18. The number of nitrogens with one attached hydrogen (secondary N) is 1. The largest absolute Gasteiger partial charge is 0.465 e. The van der Waals surface area contributed by atoms with Gasteiger partial charge in [-0.05, 0) is 42.9 Å². The second kappa shape index (κ2) is 10.9. The molecule has 3 heterocycles. The third kappa shape index (κ3) is 4.94. The van der Waals surface area contributed by atoms with E-state index in [9.17, 15) is 20.1 Å². The maximum absolute atomic E-state index is 12.8. The Morgan fingerprint density at radius 1 is 1.36 bits per heavy atom. The van der Waals surface area contributed by atoms with Crippen LogP contribution in [0.25, 0.3) is 11.3 Å². The number of hydrogen-bond donors (Lipinski definition) is 2. The maximum Gasteiger partial charge on any atom is 0.341 e. The minimum Gasteiger partial charge on any atom is -0.465 e. The fraction of sp³-hybridized carbons (Fsp3) is 0.320. The Kier molecular flexibility index (Phi) is 7.63. The number of fused-ring (bicyclic) bond motifs is 1. The lowest BCUT2D eigenvalue weighted by atomic mass is 9.88. The molecule has 0 saturated heterocycles. The Labute approximate surface area is 216 Å². The van der Waals surface area contributed by atoms with Crippen LogP contribution < -0.4 is 11.1 Å². The molecule has 1 atom stereocenters. The first kappa shape index (κ1) is 25.3. The van der Waals surface area contributed by atoms with Crippen molar-refractivity contribution in [3.63, 3.8) is 0 Å². The summed E-state index contributed by atoms with van der Waals surface area (Å²) in [6, 6.07) is 7.37. The summed E-state index contributed by atoms with van der Waals surface area (Å²) in [6.45, 7) is 2.17. The highest BCUT2D eigenvalue weighted by Gasteiger charge is 2.29. The first-order chi connectivity index (χ1) is 17.4. The molecule has 1 unspecified atom stereocenters. The summed E-state index contributed by atoms with van der Waals surface area (Å²) >= 11 is 2.61. The van der Waals surface area contributed by atoms with E-state index in [1.54, 1.807) is 12.1 Å². The van der Waals surface area contributed by atoms with Gasteiger partial charge in [-0.3, -0.25) is 4.79 Å². The van der Waals surface area contributed by atoms with Crippen LogP contribution in [0.5, 0.6) is 0 Å². The Balaban J connectivity index is 1.51. The van der Waals surface area contributed by atoms with Gasteiger partial charge in [0.05, 0.1) is 30.1 Å². The van der Waals surface area contributed by atoms with Crippen LogP contribution in [-0.2, 0) is 22.4 Å². The molecular formula is C25H23N5O4S2. The van der Waals surface area contributed by atoms with Gasteiger partial charge in [0.25, 0.3) is 0 Å². The van der Waals surface area contributed by atoms with Crippen molar-refractivity contribution in [2.24, 2.45) is 5.92 Å². The highest BCUT2D eigenvalue weighted by Crippen LogP contribution is 2.40. The molecule has 184 valence electrons. The van der Waals surface area contributed by atoms with Gasteiger partial charge >= 0.3 is 5.97 Å². The number of nitrogens with two attached hydrogens (primary N) is 1. The SMILES string of the molecule is COC(=O)c1c(NC(=O)CCSc2nc(N)c(C#N)c(-c3ccco3)c2C#N)sc2c1CCC(C)C2. The van der Waals surface area contributed by atoms with Gasteiger partial charge in [0.1, 0.15) is 39.3 Å². The molecular weight excluding hydrogens is 498 g/mol. The minimum absolute atomic E-state index is 0.0176. The van der Waals surface area contributed by atoms with Crippen LogP contribution in [0.15, 0.2) is 27.8 Å². The van der Waals surface area contributed by atoms with E-state index in [2.05, 4.69) is 23.3 Å². The zero-order valence-electron chi connectivity index (χ0n) is 19.7. The van der Waals surface area contributed by atoms with Crippen LogP contribution in [0.1, 0.15) is 51.7 Å². The number of rotatable bonds is 7. The van der Waals surface area contributed by atoms with E-state index >= 15 is 0 Å². The van der Waals surface area contributed by atoms with Crippen LogP contribution in [0.4, 0.5) is 10.8 Å². The molecule has 3 aromatic heterocycles. The predicted octanol–water partition coefficient (Wildman–Crippen LogP) is 4.76. The molecule has 4 rings (SSSR count). The van der Waals surface area contributed by atoms with Crippen molar-refractivity contribution < 1.29 is 18.7 Å². The van der Waals surface area contributed by atoms with Gasteiger partial charge in [0.15, 0.2) is 0 Å². The average molecular weight is 522 g/mol. The Bertz CT molecular complexity index is 1400. The van der Waals surface area contributed by atoms with E-state index in [0.29, 0.717) is 33.0 Å². The second-order valence-corrected chi connectivity index (χ2v) is 10.5. The van der Waals surface area contributed by atoms with Crippen molar-refractivity contribution in [2.45, 2.75) is 37.6 Å². The van der Waals surface area contributed by atoms with Crippen LogP contribution in [0.3, 0.4) is 0 Å². The zero-order chi connectivity index (χ0) is 25.8. The lowest BCUT2D eigenvalue weighted by Gasteiger charge is -2.18. The molecule has 0 saturated carbocycles. The molecule has 9 nitrogen and oxygen atoms in total. The van der Waals surface area contributed by atoms with E-state index in [1.807, 2.05) is 6.07 Å². The number of thiophene rings is 1. The number of esters is 1. The van der Waals surface area contributed by atoms with Gasteiger partial charge < -0.3 is 20.2 Å². The first-order valence-electron chi connectivity index (χ1n) is 11.2. The predicted molar refractivity (Wildman–Crippen MR) is 137 cm³/mol. The van der Waals surface area contributed by atoms with Crippen LogP contribution in [0, 0.1) is 28.6 Å². The third-order valence-electron chi connectivity index (χ3n) is 5.91.